The van der Waals surface area contributed by atoms with Crippen molar-refractivity contribution in [2.75, 3.05) is 11.6 Å². The zero-order chi connectivity index (χ0) is 15.0. The van der Waals surface area contributed by atoms with Gasteiger partial charge in [-0.25, -0.2) is 0 Å². The van der Waals surface area contributed by atoms with Gasteiger partial charge in [-0.2, -0.15) is 5.01 Å². The average molecular weight is 278 g/mol. The van der Waals surface area contributed by atoms with E-state index >= 15 is 0 Å². The van der Waals surface area contributed by atoms with Gasteiger partial charge in [-0.15, -0.1) is 4.91 Å². The molecule has 6 N–H and O–H groups in total. The topological polar surface area (TPSA) is 140 Å². The van der Waals surface area contributed by atoms with Crippen molar-refractivity contribution >= 4 is 17.6 Å². The zero-order valence-corrected chi connectivity index (χ0v) is 11.0. The van der Waals surface area contributed by atoms with E-state index in [-0.39, 0.29) is 5.96 Å². The molecule has 1 aromatic rings. The molecule has 8 heteroatoms. The van der Waals surface area contributed by atoms with Gasteiger partial charge in [0.1, 0.15) is 0 Å². The molecule has 0 fully saturated rings. The van der Waals surface area contributed by atoms with Crippen LogP contribution in [0.3, 0.4) is 0 Å². The number of amides is 1. The lowest BCUT2D eigenvalue weighted by Gasteiger charge is -2.17. The van der Waals surface area contributed by atoms with E-state index < -0.39 is 11.9 Å². The highest BCUT2D eigenvalue weighted by atomic mass is 16.3. The van der Waals surface area contributed by atoms with Crippen molar-refractivity contribution in [3.05, 3.63) is 35.2 Å². The molecule has 0 saturated heterocycles. The second-order valence-corrected chi connectivity index (χ2v) is 4.12. The number of nitrogens with zero attached hydrogens (tertiary/aromatic N) is 3. The quantitative estimate of drug-likeness (QED) is 0.213. The summed E-state index contributed by atoms with van der Waals surface area (Å²) in [5, 5.41) is 3.48. The lowest BCUT2D eigenvalue weighted by molar-refractivity contribution is -0.120. The Morgan fingerprint density at radius 1 is 1.25 bits per heavy atom. The van der Waals surface area contributed by atoms with Crippen molar-refractivity contribution in [3.63, 3.8) is 0 Å². The molecule has 0 aliphatic rings. The summed E-state index contributed by atoms with van der Waals surface area (Å²) >= 11 is 0. The average Bonchev–Trinajstić information content (AvgIpc) is 2.45. The third-order valence-electron chi connectivity index (χ3n) is 2.58. The Kier molecular flexibility index (Phi) is 6.11. The first kappa shape index (κ1) is 15.6. The molecule has 0 unspecified atom stereocenters. The number of carbonyl (C=O) groups is 1. The molecule has 0 aliphatic heterocycles. The van der Waals surface area contributed by atoms with E-state index in [9.17, 15) is 9.70 Å². The minimum absolute atomic E-state index is 0.00892. The molecular weight excluding hydrogens is 260 g/mol. The molecule has 8 nitrogen and oxygen atoms in total. The summed E-state index contributed by atoms with van der Waals surface area (Å²) in [7, 11) is 0. The number of benzene rings is 1. The third kappa shape index (κ3) is 4.65. The van der Waals surface area contributed by atoms with Crippen molar-refractivity contribution < 1.29 is 4.79 Å². The number of aliphatic imine (C=N–C) groups is 1. The highest BCUT2D eigenvalue weighted by Crippen LogP contribution is 2.15. The fourth-order valence-corrected chi connectivity index (χ4v) is 1.58. The maximum absolute atomic E-state index is 12.0. The van der Waals surface area contributed by atoms with Crippen LogP contribution < -0.4 is 22.2 Å². The van der Waals surface area contributed by atoms with Crippen molar-refractivity contribution in [2.24, 2.45) is 27.5 Å². The van der Waals surface area contributed by atoms with E-state index in [1.54, 1.807) is 30.3 Å². The lowest BCUT2D eigenvalue weighted by Crippen LogP contribution is -2.41. The van der Waals surface area contributed by atoms with Crippen molar-refractivity contribution in [1.29, 1.82) is 0 Å². The first-order valence-electron chi connectivity index (χ1n) is 6.09. The van der Waals surface area contributed by atoms with Crippen molar-refractivity contribution in [1.82, 2.24) is 0 Å². The maximum Gasteiger partial charge on any atom is 0.266 e. The van der Waals surface area contributed by atoms with Gasteiger partial charge >= 0.3 is 0 Å². The van der Waals surface area contributed by atoms with Crippen LogP contribution in [-0.2, 0) is 4.79 Å². The van der Waals surface area contributed by atoms with Crippen LogP contribution in [0.1, 0.15) is 12.8 Å². The maximum atomic E-state index is 12.0. The van der Waals surface area contributed by atoms with Crippen LogP contribution in [0.2, 0.25) is 0 Å². The number of nitrogens with two attached hydrogens (primary N) is 3. The Morgan fingerprint density at radius 2 is 1.90 bits per heavy atom. The molecule has 1 atom stereocenters. The first-order chi connectivity index (χ1) is 9.56. The van der Waals surface area contributed by atoms with E-state index in [1.165, 1.54) is 0 Å². The summed E-state index contributed by atoms with van der Waals surface area (Å²) in [6.07, 6.45) is 0.890. The summed E-state index contributed by atoms with van der Waals surface area (Å²) in [4.78, 5) is 26.6. The van der Waals surface area contributed by atoms with Crippen LogP contribution >= 0.6 is 0 Å². The summed E-state index contributed by atoms with van der Waals surface area (Å²) in [5.41, 5.74) is 16.5. The smallest absolute Gasteiger partial charge is 0.266 e. The Morgan fingerprint density at radius 3 is 2.45 bits per heavy atom. The van der Waals surface area contributed by atoms with Crippen LogP contribution in [0.5, 0.6) is 0 Å². The molecule has 0 spiro atoms. The predicted octanol–water partition coefficient (Wildman–Crippen LogP) is 0.0819. The monoisotopic (exact) mass is 278 g/mol. The normalized spacial score (nSPS) is 11.4. The molecule has 108 valence electrons. The van der Waals surface area contributed by atoms with E-state index in [0.717, 1.165) is 5.01 Å². The minimum Gasteiger partial charge on any atom is -0.370 e. The molecule has 0 aromatic heterocycles. The van der Waals surface area contributed by atoms with Gasteiger partial charge in [-0.1, -0.05) is 18.2 Å². The molecule has 0 radical (unpaired) electrons. The summed E-state index contributed by atoms with van der Waals surface area (Å²) in [5.74, 6) is -0.568. The second-order valence-electron chi connectivity index (χ2n) is 4.12. The van der Waals surface area contributed by atoms with Gasteiger partial charge in [-0.3, -0.25) is 9.79 Å². The summed E-state index contributed by atoms with van der Waals surface area (Å²) in [6, 6.07) is 7.54. The van der Waals surface area contributed by atoms with Crippen LogP contribution in [0.25, 0.3) is 0 Å². The fourth-order valence-electron chi connectivity index (χ4n) is 1.58. The molecule has 1 amide bonds. The number of hydrogen-bond acceptors (Lipinski definition) is 5. The predicted molar refractivity (Wildman–Crippen MR) is 77.6 cm³/mol. The summed E-state index contributed by atoms with van der Waals surface area (Å²) in [6.45, 7) is 0.378. The first-order valence-corrected chi connectivity index (χ1v) is 6.09. The molecule has 20 heavy (non-hydrogen) atoms. The highest BCUT2D eigenvalue weighted by molar-refractivity contribution is 5.96. The Hall–Kier alpha value is -2.48. The minimum atomic E-state index is -0.831. The van der Waals surface area contributed by atoms with Gasteiger partial charge in [0.05, 0.1) is 17.0 Å². The number of anilines is 1. The number of carbonyl (C=O) groups excluding carboxylic acids is 1. The van der Waals surface area contributed by atoms with Gasteiger partial charge in [0.15, 0.2) is 5.96 Å². The van der Waals surface area contributed by atoms with Gasteiger partial charge < -0.3 is 17.2 Å². The Bertz CT molecular complexity index is 472. The van der Waals surface area contributed by atoms with E-state index in [0.29, 0.717) is 25.1 Å². The number of nitroso groups, excluding NO2 is 1. The standard InChI is InChI=1S/C12H18N6O2/c13-10(7-4-8-16-12(14)15)11(19)18(17-20)9-5-2-1-3-6-9/h1-3,5-6,10H,4,7-8,13H2,(H4,14,15,16)/t10-/m0/s1. The number of guanidine groups is 1. The van der Waals surface area contributed by atoms with E-state index in [2.05, 4.69) is 10.3 Å². The second kappa shape index (κ2) is 7.85. The Balaban J connectivity index is 2.58. The van der Waals surface area contributed by atoms with Gasteiger partial charge in [0.2, 0.25) is 0 Å². The van der Waals surface area contributed by atoms with Gasteiger partial charge in [0.25, 0.3) is 5.91 Å². The van der Waals surface area contributed by atoms with E-state index in [4.69, 9.17) is 17.2 Å². The van der Waals surface area contributed by atoms with Crippen LogP contribution in [0, 0.1) is 4.91 Å². The molecule has 0 saturated carbocycles. The molecular formula is C12H18N6O2. The zero-order valence-electron chi connectivity index (χ0n) is 11.0. The Labute approximate surface area is 116 Å². The molecule has 0 aliphatic carbocycles. The largest absolute Gasteiger partial charge is 0.370 e. The van der Waals surface area contributed by atoms with E-state index in [1.807, 2.05) is 0 Å². The van der Waals surface area contributed by atoms with Crippen molar-refractivity contribution in [3.8, 4) is 0 Å². The van der Waals surface area contributed by atoms with Crippen LogP contribution in [0.15, 0.2) is 40.6 Å². The van der Waals surface area contributed by atoms with Gasteiger partial charge in [0, 0.05) is 6.54 Å². The number of para-hydroxylation sites is 1. The highest BCUT2D eigenvalue weighted by Gasteiger charge is 2.22. The third-order valence-corrected chi connectivity index (χ3v) is 2.58. The van der Waals surface area contributed by atoms with Crippen molar-refractivity contribution in [2.45, 2.75) is 18.9 Å². The number of rotatable bonds is 7. The SMILES string of the molecule is NC(N)=NCCC[C@H](N)C(=O)N(N=O)c1ccccc1. The van der Waals surface area contributed by atoms with Crippen LogP contribution in [0.4, 0.5) is 5.69 Å². The summed E-state index contributed by atoms with van der Waals surface area (Å²) < 4.78 is 0. The lowest BCUT2D eigenvalue weighted by atomic mass is 10.1. The van der Waals surface area contributed by atoms with Crippen LogP contribution in [-0.4, -0.2) is 24.5 Å². The number of hydrogen-bond donors (Lipinski definition) is 3. The molecule has 0 bridgehead atoms. The molecule has 1 aromatic carbocycles. The molecule has 1 rings (SSSR count). The molecule has 0 heterocycles. The van der Waals surface area contributed by atoms with Gasteiger partial charge in [-0.05, 0) is 25.0 Å². The fraction of sp³-hybridized carbons (Fsp3) is 0.333.